The highest BCUT2D eigenvalue weighted by atomic mass is 32.2. The summed E-state index contributed by atoms with van der Waals surface area (Å²) >= 11 is 3.23. The molecule has 1 atom stereocenters. The Labute approximate surface area is 162 Å². The van der Waals surface area contributed by atoms with E-state index in [2.05, 4.69) is 17.6 Å². The predicted octanol–water partition coefficient (Wildman–Crippen LogP) is 4.35. The van der Waals surface area contributed by atoms with Crippen LogP contribution in [0.2, 0.25) is 0 Å². The Morgan fingerprint density at radius 1 is 1.27 bits per heavy atom. The number of amides is 2. The number of thiophene rings is 1. The molecule has 4 nitrogen and oxygen atoms in total. The van der Waals surface area contributed by atoms with Gasteiger partial charge in [0.25, 0.3) is 5.91 Å². The van der Waals surface area contributed by atoms with Gasteiger partial charge >= 0.3 is 0 Å². The first-order valence-corrected chi connectivity index (χ1v) is 10.7. The van der Waals surface area contributed by atoms with Gasteiger partial charge in [-0.05, 0) is 42.9 Å². The number of carbonyl (C=O) groups is 2. The van der Waals surface area contributed by atoms with E-state index in [0.29, 0.717) is 28.7 Å². The summed E-state index contributed by atoms with van der Waals surface area (Å²) in [5.41, 5.74) is 1.80. The normalized spacial score (nSPS) is 16.0. The van der Waals surface area contributed by atoms with Crippen molar-refractivity contribution in [3.8, 4) is 0 Å². The van der Waals surface area contributed by atoms with Gasteiger partial charge in [-0.1, -0.05) is 25.1 Å². The zero-order chi connectivity index (χ0) is 18.5. The van der Waals surface area contributed by atoms with Gasteiger partial charge in [0.1, 0.15) is 5.00 Å². The van der Waals surface area contributed by atoms with Crippen molar-refractivity contribution in [1.82, 2.24) is 5.32 Å². The van der Waals surface area contributed by atoms with Crippen LogP contribution in [0, 0.1) is 5.92 Å². The van der Waals surface area contributed by atoms with Gasteiger partial charge in [0.2, 0.25) is 5.91 Å². The van der Waals surface area contributed by atoms with E-state index in [9.17, 15) is 9.59 Å². The number of hydrogen-bond donors (Lipinski definition) is 2. The van der Waals surface area contributed by atoms with Gasteiger partial charge in [-0.3, -0.25) is 9.59 Å². The first kappa shape index (κ1) is 19.0. The van der Waals surface area contributed by atoms with E-state index in [-0.39, 0.29) is 11.8 Å². The first-order valence-electron chi connectivity index (χ1n) is 8.92. The summed E-state index contributed by atoms with van der Waals surface area (Å²) in [5.74, 6) is 1.20. The molecule has 1 aliphatic carbocycles. The Morgan fingerprint density at radius 3 is 2.77 bits per heavy atom. The maximum atomic E-state index is 12.4. The second kappa shape index (κ2) is 8.73. The summed E-state index contributed by atoms with van der Waals surface area (Å²) in [6.07, 6.45) is 3.42. The quantitative estimate of drug-likeness (QED) is 0.723. The van der Waals surface area contributed by atoms with Gasteiger partial charge in [-0.25, -0.2) is 0 Å². The molecule has 1 unspecified atom stereocenters. The molecule has 2 N–H and O–H groups in total. The van der Waals surface area contributed by atoms with Crippen LogP contribution in [0.15, 0.2) is 35.2 Å². The zero-order valence-corrected chi connectivity index (χ0v) is 16.8. The molecule has 0 saturated heterocycles. The molecule has 0 bridgehead atoms. The van der Waals surface area contributed by atoms with Gasteiger partial charge in [-0.2, -0.15) is 0 Å². The minimum atomic E-state index is -0.106. The summed E-state index contributed by atoms with van der Waals surface area (Å²) in [4.78, 5) is 27.2. The van der Waals surface area contributed by atoms with E-state index in [4.69, 9.17) is 0 Å². The van der Waals surface area contributed by atoms with E-state index >= 15 is 0 Å². The lowest BCUT2D eigenvalue weighted by Crippen LogP contribution is -2.22. The molecule has 2 aromatic rings. The Morgan fingerprint density at radius 2 is 2.04 bits per heavy atom. The minimum absolute atomic E-state index is 0.0368. The Bertz CT molecular complexity index is 787. The molecular weight excluding hydrogens is 364 g/mol. The third-order valence-electron chi connectivity index (χ3n) is 4.56. The van der Waals surface area contributed by atoms with E-state index < -0.39 is 0 Å². The molecule has 0 saturated carbocycles. The highest BCUT2D eigenvalue weighted by Gasteiger charge is 2.27. The maximum Gasteiger partial charge on any atom is 0.254 e. The molecule has 0 aliphatic heterocycles. The first-order chi connectivity index (χ1) is 12.6. The van der Waals surface area contributed by atoms with Gasteiger partial charge < -0.3 is 10.6 Å². The van der Waals surface area contributed by atoms with E-state index in [0.717, 1.165) is 29.7 Å². The second-order valence-electron chi connectivity index (χ2n) is 6.59. The molecule has 3 rings (SSSR count). The summed E-state index contributed by atoms with van der Waals surface area (Å²) < 4.78 is 0. The van der Waals surface area contributed by atoms with Crippen LogP contribution in [-0.4, -0.2) is 24.6 Å². The molecule has 2 amide bonds. The van der Waals surface area contributed by atoms with Crippen molar-refractivity contribution in [3.63, 3.8) is 0 Å². The van der Waals surface area contributed by atoms with Crippen LogP contribution < -0.4 is 10.6 Å². The van der Waals surface area contributed by atoms with Crippen molar-refractivity contribution >= 4 is 39.9 Å². The summed E-state index contributed by atoms with van der Waals surface area (Å²) in [6, 6.07) is 10.1. The average molecular weight is 389 g/mol. The van der Waals surface area contributed by atoms with Gasteiger partial charge in [0.15, 0.2) is 0 Å². The fourth-order valence-corrected chi connectivity index (χ4v) is 5.47. The molecule has 1 aliphatic rings. The van der Waals surface area contributed by atoms with Crippen molar-refractivity contribution < 1.29 is 9.59 Å². The van der Waals surface area contributed by atoms with Crippen molar-refractivity contribution in [2.24, 2.45) is 5.92 Å². The topological polar surface area (TPSA) is 58.2 Å². The molecular formula is C20H24N2O2S2. The van der Waals surface area contributed by atoms with Crippen molar-refractivity contribution in [3.05, 3.63) is 46.3 Å². The third kappa shape index (κ3) is 4.48. The predicted molar refractivity (Wildman–Crippen MR) is 109 cm³/mol. The van der Waals surface area contributed by atoms with E-state index in [1.165, 1.54) is 4.88 Å². The fourth-order valence-electron chi connectivity index (χ4n) is 3.17. The Hall–Kier alpha value is -1.79. The van der Waals surface area contributed by atoms with Crippen LogP contribution in [0.4, 0.5) is 5.00 Å². The number of anilines is 1. The molecule has 6 heteroatoms. The molecule has 1 heterocycles. The van der Waals surface area contributed by atoms with Crippen molar-refractivity contribution in [2.45, 2.75) is 37.5 Å². The number of nitrogens with one attached hydrogen (secondary N) is 2. The monoisotopic (exact) mass is 388 g/mol. The van der Waals surface area contributed by atoms with Gasteiger partial charge in [0, 0.05) is 29.0 Å². The lowest BCUT2D eigenvalue weighted by molar-refractivity contribution is -0.115. The molecule has 1 aromatic carbocycles. The second-order valence-corrected chi connectivity index (χ2v) is 8.87. The molecule has 138 valence electrons. The zero-order valence-electron chi connectivity index (χ0n) is 15.1. The molecule has 0 fully saturated rings. The number of benzene rings is 1. The Kier molecular flexibility index (Phi) is 6.38. The van der Waals surface area contributed by atoms with Crippen LogP contribution in [0.1, 0.15) is 40.6 Å². The van der Waals surface area contributed by atoms with Crippen molar-refractivity contribution in [1.29, 1.82) is 0 Å². The standard InChI is InChI=1S/C20H24N2O2S2/c1-13-8-9-15-16(12-13)26-20(18(15)19(24)21-2)22-17(23)10-11-25-14-6-4-3-5-7-14/h3-7,13H,8-12H2,1-2H3,(H,21,24)(H,22,23). The lowest BCUT2D eigenvalue weighted by atomic mass is 9.88. The highest BCUT2D eigenvalue weighted by molar-refractivity contribution is 7.99. The molecule has 26 heavy (non-hydrogen) atoms. The highest BCUT2D eigenvalue weighted by Crippen LogP contribution is 2.39. The molecule has 1 aromatic heterocycles. The van der Waals surface area contributed by atoms with Crippen LogP contribution in [0.5, 0.6) is 0 Å². The smallest absolute Gasteiger partial charge is 0.254 e. The number of rotatable bonds is 6. The minimum Gasteiger partial charge on any atom is -0.355 e. The number of hydrogen-bond acceptors (Lipinski definition) is 4. The molecule has 0 spiro atoms. The number of thioether (sulfide) groups is 1. The van der Waals surface area contributed by atoms with Crippen LogP contribution >= 0.6 is 23.1 Å². The van der Waals surface area contributed by atoms with Gasteiger partial charge in [0.05, 0.1) is 5.56 Å². The van der Waals surface area contributed by atoms with Gasteiger partial charge in [-0.15, -0.1) is 23.1 Å². The third-order valence-corrected chi connectivity index (χ3v) is 6.74. The van der Waals surface area contributed by atoms with E-state index in [1.54, 1.807) is 30.1 Å². The SMILES string of the molecule is CNC(=O)c1c(NC(=O)CCSc2ccccc2)sc2c1CCC(C)C2. The number of fused-ring (bicyclic) bond motifs is 1. The maximum absolute atomic E-state index is 12.4. The van der Waals surface area contributed by atoms with Crippen LogP contribution in [0.3, 0.4) is 0 Å². The summed E-state index contributed by atoms with van der Waals surface area (Å²) in [7, 11) is 1.64. The van der Waals surface area contributed by atoms with Crippen LogP contribution in [0.25, 0.3) is 0 Å². The fraction of sp³-hybridized carbons (Fsp3) is 0.400. The summed E-state index contributed by atoms with van der Waals surface area (Å²) in [6.45, 7) is 2.24. The largest absolute Gasteiger partial charge is 0.355 e. The molecule has 0 radical (unpaired) electrons. The lowest BCUT2D eigenvalue weighted by Gasteiger charge is -2.18. The summed E-state index contributed by atoms with van der Waals surface area (Å²) in [5, 5.41) is 6.42. The Balaban J connectivity index is 1.66. The van der Waals surface area contributed by atoms with Crippen LogP contribution in [-0.2, 0) is 17.6 Å². The van der Waals surface area contributed by atoms with Crippen molar-refractivity contribution in [2.75, 3.05) is 18.1 Å². The number of carbonyl (C=O) groups excluding carboxylic acids is 2. The van der Waals surface area contributed by atoms with E-state index in [1.807, 2.05) is 30.3 Å². The average Bonchev–Trinajstić information content (AvgIpc) is 2.98.